The van der Waals surface area contributed by atoms with E-state index in [2.05, 4.69) is 15.3 Å². The molecule has 5 heteroatoms. The lowest BCUT2D eigenvalue weighted by Crippen LogP contribution is -2.17. The molecule has 19 heavy (non-hydrogen) atoms. The van der Waals surface area contributed by atoms with Gasteiger partial charge in [-0.05, 0) is 17.7 Å². The summed E-state index contributed by atoms with van der Waals surface area (Å²) in [5.41, 5.74) is 1.84. The minimum absolute atomic E-state index is 0.465. The molecule has 0 aliphatic carbocycles. The smallest absolute Gasteiger partial charge is 0.199 e. The number of nitrogens with one attached hydrogen (secondary N) is 2. The number of imidazole rings is 1. The number of aromatic nitrogens is 2. The molecule has 2 heterocycles. The van der Waals surface area contributed by atoms with Crippen LogP contribution >= 0.6 is 11.6 Å². The van der Waals surface area contributed by atoms with E-state index in [4.69, 9.17) is 16.0 Å². The number of para-hydroxylation sites is 1. The third-order valence-corrected chi connectivity index (χ3v) is 3.35. The van der Waals surface area contributed by atoms with Gasteiger partial charge in [0.15, 0.2) is 5.22 Å². The molecule has 0 bridgehead atoms. The summed E-state index contributed by atoms with van der Waals surface area (Å²) in [5.74, 6) is 0.982. The molecule has 0 saturated carbocycles. The standard InChI is InChI=1S/C14H14ClN3O/c15-14-11(10-3-1-2-4-12(10)19-14)9-16-6-5-13-17-7-8-18-13/h1-4,7-8,16H,5-6,9H2,(H,17,18). The highest BCUT2D eigenvalue weighted by Crippen LogP contribution is 2.29. The molecular formula is C14H14ClN3O. The summed E-state index contributed by atoms with van der Waals surface area (Å²) in [7, 11) is 0. The van der Waals surface area contributed by atoms with Gasteiger partial charge < -0.3 is 14.7 Å². The molecule has 0 unspecified atom stereocenters. The molecule has 4 nitrogen and oxygen atoms in total. The van der Waals surface area contributed by atoms with E-state index < -0.39 is 0 Å². The van der Waals surface area contributed by atoms with Gasteiger partial charge in [0, 0.05) is 42.9 Å². The average Bonchev–Trinajstić information content (AvgIpc) is 3.02. The van der Waals surface area contributed by atoms with Crippen molar-refractivity contribution in [3.05, 3.63) is 53.3 Å². The van der Waals surface area contributed by atoms with Crippen LogP contribution in [0.5, 0.6) is 0 Å². The number of halogens is 1. The first-order chi connectivity index (χ1) is 9.34. The molecule has 2 N–H and O–H groups in total. The third-order valence-electron chi connectivity index (χ3n) is 3.04. The van der Waals surface area contributed by atoms with E-state index in [1.54, 1.807) is 6.20 Å². The Kier molecular flexibility index (Phi) is 3.53. The Bertz CT molecular complexity index is 660. The Labute approximate surface area is 115 Å². The normalized spacial score (nSPS) is 11.2. The summed E-state index contributed by atoms with van der Waals surface area (Å²) in [5, 5.41) is 4.89. The van der Waals surface area contributed by atoms with Gasteiger partial charge in [-0.2, -0.15) is 0 Å². The van der Waals surface area contributed by atoms with E-state index in [1.807, 2.05) is 30.5 Å². The maximum absolute atomic E-state index is 6.12. The zero-order chi connectivity index (χ0) is 13.1. The van der Waals surface area contributed by atoms with Crippen LogP contribution in [0.25, 0.3) is 11.0 Å². The summed E-state index contributed by atoms with van der Waals surface area (Å²) < 4.78 is 5.51. The van der Waals surface area contributed by atoms with Crippen molar-refractivity contribution >= 4 is 22.6 Å². The number of furan rings is 1. The predicted molar refractivity (Wildman–Crippen MR) is 75.2 cm³/mol. The van der Waals surface area contributed by atoms with Gasteiger partial charge >= 0.3 is 0 Å². The fraction of sp³-hybridized carbons (Fsp3) is 0.214. The van der Waals surface area contributed by atoms with Crippen molar-refractivity contribution in [1.29, 1.82) is 0 Å². The molecular weight excluding hydrogens is 262 g/mol. The number of fused-ring (bicyclic) bond motifs is 1. The van der Waals surface area contributed by atoms with E-state index in [0.717, 1.165) is 35.3 Å². The van der Waals surface area contributed by atoms with Gasteiger partial charge in [-0.3, -0.25) is 0 Å². The van der Waals surface area contributed by atoms with Crippen LogP contribution in [0.2, 0.25) is 5.22 Å². The second-order valence-corrected chi connectivity index (χ2v) is 4.66. The highest BCUT2D eigenvalue weighted by molar-refractivity contribution is 6.30. The van der Waals surface area contributed by atoms with Gasteiger partial charge in [-0.1, -0.05) is 18.2 Å². The number of H-pyrrole nitrogens is 1. The Morgan fingerprint density at radius 3 is 3.05 bits per heavy atom. The van der Waals surface area contributed by atoms with Crippen LogP contribution in [0.15, 0.2) is 41.1 Å². The zero-order valence-electron chi connectivity index (χ0n) is 10.3. The van der Waals surface area contributed by atoms with E-state index in [-0.39, 0.29) is 0 Å². The van der Waals surface area contributed by atoms with Gasteiger partial charge in [-0.25, -0.2) is 4.98 Å². The van der Waals surface area contributed by atoms with Crippen molar-refractivity contribution < 1.29 is 4.42 Å². The van der Waals surface area contributed by atoms with Crippen LogP contribution in [0.4, 0.5) is 0 Å². The first-order valence-electron chi connectivity index (χ1n) is 6.19. The molecule has 0 radical (unpaired) electrons. The van der Waals surface area contributed by atoms with Gasteiger partial charge in [-0.15, -0.1) is 0 Å². The minimum atomic E-state index is 0.465. The molecule has 0 aliphatic heterocycles. The summed E-state index contributed by atoms with van der Waals surface area (Å²) in [6.45, 7) is 1.53. The van der Waals surface area contributed by atoms with Crippen LogP contribution in [-0.4, -0.2) is 16.5 Å². The number of hydrogen-bond donors (Lipinski definition) is 2. The maximum atomic E-state index is 6.12. The highest BCUT2D eigenvalue weighted by atomic mass is 35.5. The maximum Gasteiger partial charge on any atom is 0.199 e. The van der Waals surface area contributed by atoms with E-state index >= 15 is 0 Å². The minimum Gasteiger partial charge on any atom is -0.444 e. The topological polar surface area (TPSA) is 53.9 Å². The first-order valence-corrected chi connectivity index (χ1v) is 6.57. The van der Waals surface area contributed by atoms with Crippen molar-refractivity contribution in [2.45, 2.75) is 13.0 Å². The van der Waals surface area contributed by atoms with Crippen LogP contribution in [-0.2, 0) is 13.0 Å². The third kappa shape index (κ3) is 2.64. The quantitative estimate of drug-likeness (QED) is 0.704. The molecule has 0 aliphatic rings. The molecule has 0 spiro atoms. The zero-order valence-corrected chi connectivity index (χ0v) is 11.1. The molecule has 3 aromatic rings. The second kappa shape index (κ2) is 5.47. The lowest BCUT2D eigenvalue weighted by Gasteiger charge is -2.02. The number of aromatic amines is 1. The van der Waals surface area contributed by atoms with Gasteiger partial charge in [0.2, 0.25) is 0 Å². The van der Waals surface area contributed by atoms with E-state index in [9.17, 15) is 0 Å². The summed E-state index contributed by atoms with van der Waals surface area (Å²) in [6, 6.07) is 7.87. The summed E-state index contributed by atoms with van der Waals surface area (Å²) in [4.78, 5) is 7.25. The fourth-order valence-corrected chi connectivity index (χ4v) is 2.34. The lowest BCUT2D eigenvalue weighted by atomic mass is 10.2. The Balaban J connectivity index is 1.63. The Hall–Kier alpha value is -1.78. The van der Waals surface area contributed by atoms with Crippen LogP contribution < -0.4 is 5.32 Å². The molecule has 0 atom stereocenters. The molecule has 0 fully saturated rings. The first kappa shape index (κ1) is 12.3. The molecule has 0 saturated heterocycles. The summed E-state index contributed by atoms with van der Waals surface area (Å²) in [6.07, 6.45) is 4.45. The molecule has 98 valence electrons. The average molecular weight is 276 g/mol. The summed E-state index contributed by atoms with van der Waals surface area (Å²) >= 11 is 6.12. The molecule has 3 rings (SSSR count). The van der Waals surface area contributed by atoms with E-state index in [1.165, 1.54) is 0 Å². The van der Waals surface area contributed by atoms with Gasteiger partial charge in [0.05, 0.1) is 0 Å². The molecule has 0 amide bonds. The van der Waals surface area contributed by atoms with Crippen molar-refractivity contribution in [3.63, 3.8) is 0 Å². The lowest BCUT2D eigenvalue weighted by molar-refractivity contribution is 0.603. The molecule has 2 aromatic heterocycles. The number of nitrogens with zero attached hydrogens (tertiary/aromatic N) is 1. The predicted octanol–water partition coefficient (Wildman–Crippen LogP) is 3.14. The van der Waals surface area contributed by atoms with Crippen molar-refractivity contribution in [3.8, 4) is 0 Å². The van der Waals surface area contributed by atoms with Crippen LogP contribution in [0.1, 0.15) is 11.4 Å². The fourth-order valence-electron chi connectivity index (χ4n) is 2.09. The van der Waals surface area contributed by atoms with Gasteiger partial charge in [0.25, 0.3) is 0 Å². The van der Waals surface area contributed by atoms with Crippen molar-refractivity contribution in [2.75, 3.05) is 6.54 Å². The van der Waals surface area contributed by atoms with Crippen molar-refractivity contribution in [2.24, 2.45) is 0 Å². The SMILES string of the molecule is Clc1oc2ccccc2c1CNCCc1ncc[nH]1. The number of rotatable bonds is 5. The second-order valence-electron chi connectivity index (χ2n) is 4.31. The van der Waals surface area contributed by atoms with Gasteiger partial charge in [0.1, 0.15) is 11.4 Å². The highest BCUT2D eigenvalue weighted by Gasteiger charge is 2.11. The Morgan fingerprint density at radius 2 is 2.21 bits per heavy atom. The monoisotopic (exact) mass is 275 g/mol. The largest absolute Gasteiger partial charge is 0.444 e. The van der Waals surface area contributed by atoms with Crippen molar-refractivity contribution in [1.82, 2.24) is 15.3 Å². The Morgan fingerprint density at radius 1 is 1.32 bits per heavy atom. The molecule has 1 aromatic carbocycles. The van der Waals surface area contributed by atoms with Crippen LogP contribution in [0.3, 0.4) is 0 Å². The van der Waals surface area contributed by atoms with E-state index in [0.29, 0.717) is 11.8 Å². The number of benzene rings is 1. The van der Waals surface area contributed by atoms with Crippen LogP contribution in [0, 0.1) is 0 Å². The number of hydrogen-bond acceptors (Lipinski definition) is 3.